The Bertz CT molecular complexity index is 1520. The highest BCUT2D eigenvalue weighted by atomic mass is 35.5. The molecule has 0 saturated carbocycles. The maximum Gasteiger partial charge on any atom is 0.243 e. The third kappa shape index (κ3) is 5.95. The predicted octanol–water partition coefficient (Wildman–Crippen LogP) is 4.01. The number of sulfonamides is 1. The molecule has 0 aliphatic rings. The van der Waals surface area contributed by atoms with Gasteiger partial charge in [-0.3, -0.25) is 14.3 Å². The Hall–Kier alpha value is -3.81. The number of aromatic nitrogens is 6. The molecule has 0 saturated heterocycles. The molecule has 39 heavy (non-hydrogen) atoms. The standard InChI is InChI=1S/C25H28ClN7O5S/c1-6-38-22(23-28-13-18(26)14-29-23)16(3)39(34,35)32-25-31-30-24(17-10-15(2)11-27-12-17)33(25)21-19(36-4)8-7-9-20(21)37-5/h7-14,16,22H,6H2,1-5H3,(H,31,32)/t16-,22-/m1/s1. The zero-order valence-corrected chi connectivity index (χ0v) is 23.6. The summed E-state index contributed by atoms with van der Waals surface area (Å²) >= 11 is 5.92. The third-order valence-corrected chi connectivity index (χ3v) is 7.70. The van der Waals surface area contributed by atoms with Gasteiger partial charge < -0.3 is 14.2 Å². The Morgan fingerprint density at radius 1 is 1.05 bits per heavy atom. The van der Waals surface area contributed by atoms with Gasteiger partial charge in [-0.15, -0.1) is 10.2 Å². The minimum atomic E-state index is -4.15. The SMILES string of the molecule is CCO[C@@H](c1ncc(Cl)cn1)[C@@H](C)S(=O)(=O)Nc1nnc(-c2cncc(C)c2)n1-c1c(OC)cccc1OC. The average molecular weight is 574 g/mol. The Morgan fingerprint density at radius 3 is 2.31 bits per heavy atom. The van der Waals surface area contributed by atoms with Crippen molar-refractivity contribution < 1.29 is 22.6 Å². The van der Waals surface area contributed by atoms with Crippen LogP contribution in [-0.4, -0.2) is 64.2 Å². The summed E-state index contributed by atoms with van der Waals surface area (Å²) in [6.45, 7) is 5.37. The zero-order chi connectivity index (χ0) is 28.2. The number of aryl methyl sites for hydroxylation is 1. The number of rotatable bonds is 11. The van der Waals surface area contributed by atoms with Gasteiger partial charge in [-0.2, -0.15) is 0 Å². The lowest BCUT2D eigenvalue weighted by Crippen LogP contribution is -2.34. The minimum absolute atomic E-state index is 0.0894. The fraction of sp³-hybridized carbons (Fsp3) is 0.320. The number of hydrogen-bond acceptors (Lipinski definition) is 10. The molecule has 0 aliphatic heterocycles. The van der Waals surface area contributed by atoms with E-state index in [9.17, 15) is 8.42 Å². The molecule has 206 valence electrons. The van der Waals surface area contributed by atoms with E-state index in [1.807, 2.05) is 13.0 Å². The molecule has 1 aromatic carbocycles. The molecule has 0 unspecified atom stereocenters. The maximum atomic E-state index is 13.7. The van der Waals surface area contributed by atoms with Gasteiger partial charge in [-0.25, -0.2) is 18.4 Å². The number of anilines is 1. The molecule has 0 bridgehead atoms. The molecular formula is C25H28ClN7O5S. The number of hydrogen-bond donors (Lipinski definition) is 1. The van der Waals surface area contributed by atoms with E-state index < -0.39 is 21.4 Å². The van der Waals surface area contributed by atoms with Crippen molar-refractivity contribution in [3.63, 3.8) is 0 Å². The Kier molecular flexibility index (Phi) is 8.63. The Balaban J connectivity index is 1.84. The van der Waals surface area contributed by atoms with Crippen LogP contribution in [0.25, 0.3) is 17.1 Å². The van der Waals surface area contributed by atoms with Gasteiger partial charge in [-0.1, -0.05) is 17.7 Å². The zero-order valence-electron chi connectivity index (χ0n) is 22.0. The fourth-order valence-electron chi connectivity index (χ4n) is 3.93. The van der Waals surface area contributed by atoms with E-state index in [0.717, 1.165) is 5.56 Å². The van der Waals surface area contributed by atoms with Gasteiger partial charge >= 0.3 is 0 Å². The number of nitrogens with one attached hydrogen (secondary N) is 1. The number of nitrogens with zero attached hydrogens (tertiary/aromatic N) is 6. The van der Waals surface area contributed by atoms with Crippen molar-refractivity contribution in [2.45, 2.75) is 32.1 Å². The van der Waals surface area contributed by atoms with Crippen LogP contribution < -0.4 is 14.2 Å². The molecule has 0 amide bonds. The molecule has 4 rings (SSSR count). The van der Waals surface area contributed by atoms with Crippen molar-refractivity contribution in [2.75, 3.05) is 25.5 Å². The number of pyridine rings is 1. The lowest BCUT2D eigenvalue weighted by atomic mass is 10.2. The van der Waals surface area contributed by atoms with Crippen molar-refractivity contribution in [3.05, 3.63) is 65.5 Å². The molecule has 2 atom stereocenters. The van der Waals surface area contributed by atoms with Gasteiger partial charge in [0, 0.05) is 37.0 Å². The molecule has 0 fully saturated rings. The second kappa shape index (κ2) is 11.9. The highest BCUT2D eigenvalue weighted by molar-refractivity contribution is 7.93. The molecular weight excluding hydrogens is 546 g/mol. The number of methoxy groups -OCH3 is 2. The van der Waals surface area contributed by atoms with Crippen LogP contribution in [0.5, 0.6) is 11.5 Å². The smallest absolute Gasteiger partial charge is 0.243 e. The summed E-state index contributed by atoms with van der Waals surface area (Å²) in [5.74, 6) is 1.23. The summed E-state index contributed by atoms with van der Waals surface area (Å²) in [7, 11) is -1.15. The molecule has 12 nitrogen and oxygen atoms in total. The first-order valence-corrected chi connectivity index (χ1v) is 13.8. The quantitative estimate of drug-likeness (QED) is 0.279. The minimum Gasteiger partial charge on any atom is -0.494 e. The van der Waals surface area contributed by atoms with Crippen LogP contribution in [-0.2, 0) is 14.8 Å². The number of para-hydroxylation sites is 1. The molecule has 0 radical (unpaired) electrons. The second-order valence-corrected chi connectivity index (χ2v) is 10.9. The van der Waals surface area contributed by atoms with E-state index in [0.29, 0.717) is 33.6 Å². The molecule has 3 aromatic heterocycles. The third-order valence-electron chi connectivity index (χ3n) is 5.81. The topological polar surface area (TPSA) is 143 Å². The number of halogens is 1. The van der Waals surface area contributed by atoms with Crippen LogP contribution >= 0.6 is 11.6 Å². The largest absolute Gasteiger partial charge is 0.494 e. The molecule has 0 aliphatic carbocycles. The van der Waals surface area contributed by atoms with Crippen LogP contribution in [0.3, 0.4) is 0 Å². The van der Waals surface area contributed by atoms with E-state index in [1.54, 1.807) is 37.5 Å². The molecule has 14 heteroatoms. The van der Waals surface area contributed by atoms with Gasteiger partial charge in [0.25, 0.3) is 0 Å². The Labute approximate surface area is 231 Å². The summed E-state index contributed by atoms with van der Waals surface area (Å²) in [4.78, 5) is 12.6. The normalized spacial score (nSPS) is 13.1. The van der Waals surface area contributed by atoms with Gasteiger partial charge in [0.05, 0.1) is 19.2 Å². The van der Waals surface area contributed by atoms with Crippen molar-refractivity contribution >= 4 is 27.6 Å². The first kappa shape index (κ1) is 28.2. The highest BCUT2D eigenvalue weighted by Crippen LogP contribution is 2.38. The van der Waals surface area contributed by atoms with Crippen LogP contribution in [0.4, 0.5) is 5.95 Å². The van der Waals surface area contributed by atoms with Gasteiger partial charge in [0.1, 0.15) is 28.5 Å². The number of ether oxygens (including phenoxy) is 3. The summed E-state index contributed by atoms with van der Waals surface area (Å²) in [6.07, 6.45) is 5.10. The summed E-state index contributed by atoms with van der Waals surface area (Å²) in [5, 5.41) is 7.70. The monoisotopic (exact) mass is 573 g/mol. The van der Waals surface area contributed by atoms with Crippen molar-refractivity contribution in [3.8, 4) is 28.6 Å². The van der Waals surface area contributed by atoms with Crippen molar-refractivity contribution in [1.29, 1.82) is 0 Å². The first-order valence-electron chi connectivity index (χ1n) is 11.9. The first-order chi connectivity index (χ1) is 18.7. The summed E-state index contributed by atoms with van der Waals surface area (Å²) in [6, 6.07) is 7.06. The van der Waals surface area contributed by atoms with Crippen LogP contribution in [0.1, 0.15) is 31.3 Å². The fourth-order valence-corrected chi connectivity index (χ4v) is 5.13. The van der Waals surface area contributed by atoms with Crippen LogP contribution in [0.15, 0.2) is 49.1 Å². The average Bonchev–Trinajstić information content (AvgIpc) is 3.33. The van der Waals surface area contributed by atoms with Gasteiger partial charge in [0.15, 0.2) is 11.6 Å². The predicted molar refractivity (Wildman–Crippen MR) is 146 cm³/mol. The van der Waals surface area contributed by atoms with Gasteiger partial charge in [0.2, 0.25) is 16.0 Å². The lowest BCUT2D eigenvalue weighted by Gasteiger charge is -2.23. The number of benzene rings is 1. The van der Waals surface area contributed by atoms with Crippen LogP contribution in [0.2, 0.25) is 5.02 Å². The van der Waals surface area contributed by atoms with Gasteiger partial charge in [-0.05, 0) is 44.5 Å². The second-order valence-electron chi connectivity index (χ2n) is 8.43. The van der Waals surface area contributed by atoms with E-state index in [-0.39, 0.29) is 18.4 Å². The molecule has 4 aromatic rings. The highest BCUT2D eigenvalue weighted by Gasteiger charge is 2.35. The summed E-state index contributed by atoms with van der Waals surface area (Å²) < 4.78 is 48.5. The van der Waals surface area contributed by atoms with Crippen molar-refractivity contribution in [2.24, 2.45) is 0 Å². The maximum absolute atomic E-state index is 13.7. The van der Waals surface area contributed by atoms with E-state index in [1.165, 1.54) is 38.1 Å². The van der Waals surface area contributed by atoms with Crippen molar-refractivity contribution in [1.82, 2.24) is 29.7 Å². The molecule has 3 heterocycles. The lowest BCUT2D eigenvalue weighted by molar-refractivity contribution is 0.0558. The summed E-state index contributed by atoms with van der Waals surface area (Å²) in [5.41, 5.74) is 1.89. The molecule has 0 spiro atoms. The molecule has 1 N–H and O–H groups in total. The Morgan fingerprint density at radius 2 is 1.72 bits per heavy atom. The van der Waals surface area contributed by atoms with E-state index in [4.69, 9.17) is 25.8 Å². The van der Waals surface area contributed by atoms with E-state index in [2.05, 4.69) is 29.9 Å². The van der Waals surface area contributed by atoms with Crippen LogP contribution in [0, 0.1) is 6.92 Å². The van der Waals surface area contributed by atoms with E-state index >= 15 is 0 Å².